The quantitative estimate of drug-likeness (QED) is 0.871. The van der Waals surface area contributed by atoms with Gasteiger partial charge in [0.05, 0.1) is 10.8 Å². The first kappa shape index (κ1) is 17.3. The summed E-state index contributed by atoms with van der Waals surface area (Å²) in [6.07, 6.45) is -4.23. The first-order valence-corrected chi connectivity index (χ1v) is 8.15. The molecule has 3 rings (SSSR count). The highest BCUT2D eigenvalue weighted by Gasteiger charge is 2.32. The van der Waals surface area contributed by atoms with Gasteiger partial charge in [-0.1, -0.05) is 36.0 Å². The van der Waals surface area contributed by atoms with E-state index in [-0.39, 0.29) is 18.1 Å². The van der Waals surface area contributed by atoms with Crippen molar-refractivity contribution in [2.45, 2.75) is 17.8 Å². The van der Waals surface area contributed by atoms with Gasteiger partial charge in [-0.15, -0.1) is 0 Å². The van der Waals surface area contributed by atoms with Crippen LogP contribution in [0.15, 0.2) is 48.5 Å². The molecule has 2 aromatic carbocycles. The number of alkyl halides is 3. The zero-order valence-electron chi connectivity index (χ0n) is 12.7. The van der Waals surface area contributed by atoms with Crippen LogP contribution in [0.4, 0.5) is 18.0 Å². The van der Waals surface area contributed by atoms with E-state index < -0.39 is 22.2 Å². The van der Waals surface area contributed by atoms with Gasteiger partial charge in [0.2, 0.25) is 5.91 Å². The number of thioether (sulfide) groups is 1. The van der Waals surface area contributed by atoms with Gasteiger partial charge in [-0.3, -0.25) is 14.9 Å². The van der Waals surface area contributed by atoms with Gasteiger partial charge >= 0.3 is 6.18 Å². The topological polar surface area (TPSA) is 55.4 Å². The minimum Gasteiger partial charge on any atom is -0.457 e. The molecule has 1 fully saturated rings. The molecule has 0 aromatic heterocycles. The number of para-hydroxylation sites is 1. The fraction of sp³-hybridized carbons (Fsp3) is 0.176. The Labute approximate surface area is 145 Å². The van der Waals surface area contributed by atoms with Crippen molar-refractivity contribution in [3.05, 3.63) is 59.7 Å². The number of carbonyl (C=O) groups is 2. The van der Waals surface area contributed by atoms with Crippen molar-refractivity contribution < 1.29 is 27.5 Å². The first-order chi connectivity index (χ1) is 11.8. The van der Waals surface area contributed by atoms with Crippen molar-refractivity contribution >= 4 is 22.9 Å². The molecule has 25 heavy (non-hydrogen) atoms. The Balaban J connectivity index is 1.82. The SMILES string of the molecule is O=C1NC(=O)C(Cc2ccccc2Oc2cccc(C(F)(F)F)c2)S1. The van der Waals surface area contributed by atoms with Crippen molar-refractivity contribution in [2.24, 2.45) is 0 Å². The first-order valence-electron chi connectivity index (χ1n) is 7.27. The molecule has 4 nitrogen and oxygen atoms in total. The smallest absolute Gasteiger partial charge is 0.416 e. The maximum Gasteiger partial charge on any atom is 0.416 e. The molecule has 2 amide bonds. The monoisotopic (exact) mass is 367 g/mol. The minimum absolute atomic E-state index is 0.0434. The number of nitrogens with one attached hydrogen (secondary N) is 1. The predicted octanol–water partition coefficient (Wildman–Crippen LogP) is 4.39. The number of carbonyl (C=O) groups excluding carboxylic acids is 2. The number of ether oxygens (including phenoxy) is 1. The predicted molar refractivity (Wildman–Crippen MR) is 86.6 cm³/mol. The number of imide groups is 1. The van der Waals surface area contributed by atoms with E-state index in [9.17, 15) is 22.8 Å². The van der Waals surface area contributed by atoms with Crippen molar-refractivity contribution in [2.75, 3.05) is 0 Å². The molecule has 0 bridgehead atoms. The summed E-state index contributed by atoms with van der Waals surface area (Å²) in [5.41, 5.74) is -0.180. The van der Waals surface area contributed by atoms with E-state index in [0.717, 1.165) is 23.9 Å². The van der Waals surface area contributed by atoms with Gasteiger partial charge in [-0.2, -0.15) is 13.2 Å². The van der Waals surface area contributed by atoms with Gasteiger partial charge in [0, 0.05) is 0 Å². The molecule has 0 aliphatic carbocycles. The average molecular weight is 367 g/mol. The number of benzene rings is 2. The van der Waals surface area contributed by atoms with Gasteiger partial charge < -0.3 is 4.74 Å². The molecule has 1 heterocycles. The summed E-state index contributed by atoms with van der Waals surface area (Å²) in [7, 11) is 0. The lowest BCUT2D eigenvalue weighted by Crippen LogP contribution is -2.25. The van der Waals surface area contributed by atoms with Crippen molar-refractivity contribution in [3.63, 3.8) is 0 Å². The summed E-state index contributed by atoms with van der Waals surface area (Å²) in [6.45, 7) is 0. The van der Waals surface area contributed by atoms with Crippen LogP contribution >= 0.6 is 11.8 Å². The van der Waals surface area contributed by atoms with Crippen molar-refractivity contribution in [1.29, 1.82) is 0 Å². The molecule has 1 aliphatic heterocycles. The molecule has 0 saturated carbocycles. The van der Waals surface area contributed by atoms with Crippen LogP contribution in [-0.2, 0) is 17.4 Å². The zero-order chi connectivity index (χ0) is 18.0. The van der Waals surface area contributed by atoms with Gasteiger partial charge in [-0.05, 0) is 36.2 Å². The zero-order valence-corrected chi connectivity index (χ0v) is 13.5. The highest BCUT2D eigenvalue weighted by Crippen LogP contribution is 2.34. The van der Waals surface area contributed by atoms with Crippen LogP contribution in [0.2, 0.25) is 0 Å². The van der Waals surface area contributed by atoms with Crippen LogP contribution in [0.1, 0.15) is 11.1 Å². The molecule has 8 heteroatoms. The van der Waals surface area contributed by atoms with E-state index in [1.807, 2.05) is 0 Å². The molecule has 1 unspecified atom stereocenters. The molecule has 1 N–H and O–H groups in total. The normalized spacial score (nSPS) is 17.5. The number of halogens is 3. The minimum atomic E-state index is -4.46. The molecule has 0 radical (unpaired) electrons. The Morgan fingerprint density at radius 3 is 2.52 bits per heavy atom. The summed E-state index contributed by atoms with van der Waals surface area (Å²) >= 11 is 0.885. The summed E-state index contributed by atoms with van der Waals surface area (Å²) in [6, 6.07) is 11.3. The second kappa shape index (κ2) is 6.79. The lowest BCUT2D eigenvalue weighted by atomic mass is 10.1. The summed E-state index contributed by atoms with van der Waals surface area (Å²) in [5.74, 6) is 0.000299. The second-order valence-electron chi connectivity index (χ2n) is 5.32. The van der Waals surface area contributed by atoms with Gasteiger partial charge in [0.25, 0.3) is 5.24 Å². The largest absolute Gasteiger partial charge is 0.457 e. The van der Waals surface area contributed by atoms with Gasteiger partial charge in [-0.25, -0.2) is 0 Å². The van der Waals surface area contributed by atoms with Gasteiger partial charge in [0.1, 0.15) is 11.5 Å². The molecule has 1 aliphatic rings. The Hall–Kier alpha value is -2.48. The summed E-state index contributed by atoms with van der Waals surface area (Å²) in [4.78, 5) is 22.9. The molecule has 1 saturated heterocycles. The lowest BCUT2D eigenvalue weighted by molar-refractivity contribution is -0.137. The van der Waals surface area contributed by atoms with Crippen molar-refractivity contribution in [1.82, 2.24) is 5.32 Å². The van der Waals surface area contributed by atoms with E-state index >= 15 is 0 Å². The molecular weight excluding hydrogens is 355 g/mol. The number of amides is 2. The van der Waals surface area contributed by atoms with E-state index in [0.29, 0.717) is 11.3 Å². The summed E-state index contributed by atoms with van der Waals surface area (Å²) in [5, 5.41) is 1.20. The third-order valence-electron chi connectivity index (χ3n) is 3.53. The number of hydrogen-bond donors (Lipinski definition) is 1. The van der Waals surface area contributed by atoms with E-state index in [4.69, 9.17) is 4.74 Å². The summed E-state index contributed by atoms with van der Waals surface area (Å²) < 4.78 is 44.0. The van der Waals surface area contributed by atoms with E-state index in [2.05, 4.69) is 5.32 Å². The van der Waals surface area contributed by atoms with Crippen LogP contribution in [0.3, 0.4) is 0 Å². The van der Waals surface area contributed by atoms with E-state index in [1.54, 1.807) is 24.3 Å². The Bertz CT molecular complexity index is 823. The van der Waals surface area contributed by atoms with E-state index in [1.165, 1.54) is 12.1 Å². The highest BCUT2D eigenvalue weighted by atomic mass is 32.2. The maximum atomic E-state index is 12.8. The average Bonchev–Trinajstić information content (AvgIpc) is 2.86. The Kier molecular flexibility index (Phi) is 4.71. The fourth-order valence-electron chi connectivity index (χ4n) is 2.36. The van der Waals surface area contributed by atoms with Gasteiger partial charge in [0.15, 0.2) is 0 Å². The molecule has 1 atom stereocenters. The third kappa shape index (κ3) is 4.14. The van der Waals surface area contributed by atoms with Crippen LogP contribution in [-0.4, -0.2) is 16.4 Å². The van der Waals surface area contributed by atoms with Crippen molar-refractivity contribution in [3.8, 4) is 11.5 Å². The number of rotatable bonds is 4. The highest BCUT2D eigenvalue weighted by molar-refractivity contribution is 8.15. The van der Waals surface area contributed by atoms with Crippen LogP contribution in [0.25, 0.3) is 0 Å². The van der Waals surface area contributed by atoms with Crippen LogP contribution in [0, 0.1) is 0 Å². The standard InChI is InChI=1S/C17H12F3NO3S/c18-17(19,20)11-5-3-6-12(9-11)24-13-7-2-1-4-10(13)8-14-15(22)21-16(23)25-14/h1-7,9,14H,8H2,(H,21,22,23). The van der Waals surface area contributed by atoms with Crippen LogP contribution < -0.4 is 10.1 Å². The molecular formula is C17H12F3NO3S. The molecule has 2 aromatic rings. The third-order valence-corrected chi connectivity index (χ3v) is 4.52. The second-order valence-corrected chi connectivity index (χ2v) is 6.50. The molecule has 130 valence electrons. The lowest BCUT2D eigenvalue weighted by Gasteiger charge is -2.14. The maximum absolute atomic E-state index is 12.8. The number of hydrogen-bond acceptors (Lipinski definition) is 4. The fourth-order valence-corrected chi connectivity index (χ4v) is 3.21. The molecule has 0 spiro atoms. The van der Waals surface area contributed by atoms with Crippen LogP contribution in [0.5, 0.6) is 11.5 Å². The Morgan fingerprint density at radius 2 is 1.84 bits per heavy atom. The Morgan fingerprint density at radius 1 is 1.08 bits per heavy atom.